The number of halogens is 3. The van der Waals surface area contributed by atoms with E-state index in [1.54, 1.807) is 14.0 Å². The molecule has 0 fully saturated rings. The second-order valence-corrected chi connectivity index (χ2v) is 3.92. The molecule has 0 aliphatic carbocycles. The first-order chi connectivity index (χ1) is 6.68. The van der Waals surface area contributed by atoms with Gasteiger partial charge in [0.15, 0.2) is 0 Å². The fraction of sp³-hybridized carbons (Fsp3) is 0.889. The molecule has 0 bridgehead atoms. The van der Waals surface area contributed by atoms with Crippen LogP contribution >= 0.6 is 0 Å². The molecule has 1 amide bonds. The zero-order valence-electron chi connectivity index (χ0n) is 8.95. The van der Waals surface area contributed by atoms with Gasteiger partial charge in [-0.3, -0.25) is 4.79 Å². The van der Waals surface area contributed by atoms with Crippen molar-refractivity contribution >= 4 is 5.91 Å². The van der Waals surface area contributed by atoms with Crippen LogP contribution < -0.4 is 11.1 Å². The summed E-state index contributed by atoms with van der Waals surface area (Å²) in [5.41, 5.74) is 4.37. The first-order valence-corrected chi connectivity index (χ1v) is 4.72. The highest BCUT2D eigenvalue weighted by Crippen LogP contribution is 2.25. The van der Waals surface area contributed by atoms with Gasteiger partial charge in [-0.1, -0.05) is 0 Å². The molecule has 6 heteroatoms. The molecule has 90 valence electrons. The Morgan fingerprint density at radius 2 is 1.87 bits per heavy atom. The fourth-order valence-electron chi connectivity index (χ4n) is 1.37. The molecule has 3 nitrogen and oxygen atoms in total. The monoisotopic (exact) mass is 226 g/mol. The lowest BCUT2D eigenvalue weighted by atomic mass is 9.91. The van der Waals surface area contributed by atoms with Crippen LogP contribution in [0.15, 0.2) is 0 Å². The molecule has 0 aromatic rings. The van der Waals surface area contributed by atoms with Gasteiger partial charge < -0.3 is 11.1 Å². The maximum atomic E-state index is 11.9. The van der Waals surface area contributed by atoms with E-state index >= 15 is 0 Å². The van der Waals surface area contributed by atoms with Crippen molar-refractivity contribution in [1.29, 1.82) is 0 Å². The molecule has 0 spiro atoms. The quantitative estimate of drug-likeness (QED) is 0.722. The highest BCUT2D eigenvalue weighted by atomic mass is 19.4. The Morgan fingerprint density at radius 3 is 2.20 bits per heavy atom. The number of alkyl halides is 3. The summed E-state index contributed by atoms with van der Waals surface area (Å²) >= 11 is 0. The molecule has 1 atom stereocenters. The van der Waals surface area contributed by atoms with Gasteiger partial charge >= 0.3 is 6.18 Å². The van der Waals surface area contributed by atoms with E-state index in [1.165, 1.54) is 0 Å². The van der Waals surface area contributed by atoms with Gasteiger partial charge in [-0.25, -0.2) is 0 Å². The molecule has 0 saturated carbocycles. The second-order valence-electron chi connectivity index (χ2n) is 3.92. The van der Waals surface area contributed by atoms with Crippen molar-refractivity contribution in [3.05, 3.63) is 0 Å². The third kappa shape index (κ3) is 7.18. The Bertz CT molecular complexity index is 218. The molecule has 0 saturated heterocycles. The van der Waals surface area contributed by atoms with Gasteiger partial charge in [0.1, 0.15) is 0 Å². The second kappa shape index (κ2) is 5.34. The Balaban J connectivity index is 4.04. The molecule has 0 aromatic carbocycles. The minimum Gasteiger partial charge on any atom is -0.370 e. The van der Waals surface area contributed by atoms with Crippen LogP contribution in [-0.4, -0.2) is 24.7 Å². The summed E-state index contributed by atoms with van der Waals surface area (Å²) in [6.45, 7) is 1.69. The molecule has 1 unspecified atom stereocenters. The van der Waals surface area contributed by atoms with Crippen molar-refractivity contribution in [2.75, 3.05) is 7.05 Å². The van der Waals surface area contributed by atoms with Crippen LogP contribution in [-0.2, 0) is 4.79 Å². The maximum Gasteiger partial charge on any atom is 0.389 e. The zero-order chi connectivity index (χ0) is 12.1. The summed E-state index contributed by atoms with van der Waals surface area (Å²) in [5.74, 6) is -0.515. The molecule has 15 heavy (non-hydrogen) atoms. The molecular weight excluding hydrogens is 209 g/mol. The summed E-state index contributed by atoms with van der Waals surface area (Å²) in [5, 5.41) is 2.83. The van der Waals surface area contributed by atoms with Crippen LogP contribution in [0.4, 0.5) is 13.2 Å². The van der Waals surface area contributed by atoms with E-state index in [-0.39, 0.29) is 19.3 Å². The largest absolute Gasteiger partial charge is 0.389 e. The number of primary amides is 1. The zero-order valence-corrected chi connectivity index (χ0v) is 8.95. The van der Waals surface area contributed by atoms with Crippen LogP contribution in [0.1, 0.15) is 32.6 Å². The minimum atomic E-state index is -4.14. The summed E-state index contributed by atoms with van der Waals surface area (Å²) < 4.78 is 35.7. The molecule has 0 heterocycles. The van der Waals surface area contributed by atoms with Gasteiger partial charge in [-0.2, -0.15) is 13.2 Å². The van der Waals surface area contributed by atoms with Crippen LogP contribution in [0.3, 0.4) is 0 Å². The standard InChI is InChI=1S/C9H17F3N2O/c1-8(14-2,6-7(13)15)4-3-5-9(10,11)12/h14H,3-6H2,1-2H3,(H2,13,15). The predicted molar refractivity (Wildman–Crippen MR) is 51.2 cm³/mol. The smallest absolute Gasteiger partial charge is 0.370 e. The van der Waals surface area contributed by atoms with E-state index in [0.29, 0.717) is 0 Å². The third-order valence-electron chi connectivity index (χ3n) is 2.36. The minimum absolute atomic E-state index is 0.00583. The Labute approximate surface area is 87.2 Å². The molecule has 0 aromatic heterocycles. The first kappa shape index (κ1) is 14.2. The van der Waals surface area contributed by atoms with Crippen LogP contribution in [0.5, 0.6) is 0 Å². The number of nitrogens with one attached hydrogen (secondary N) is 1. The van der Waals surface area contributed by atoms with Crippen molar-refractivity contribution in [2.24, 2.45) is 5.73 Å². The van der Waals surface area contributed by atoms with E-state index in [4.69, 9.17) is 5.73 Å². The summed E-state index contributed by atoms with van der Waals surface area (Å²) in [6.07, 6.45) is -4.66. The van der Waals surface area contributed by atoms with Gasteiger partial charge in [-0.15, -0.1) is 0 Å². The lowest BCUT2D eigenvalue weighted by molar-refractivity contribution is -0.136. The van der Waals surface area contributed by atoms with Crippen LogP contribution in [0.25, 0.3) is 0 Å². The van der Waals surface area contributed by atoms with Crippen molar-refractivity contribution in [1.82, 2.24) is 5.32 Å². The fourth-order valence-corrected chi connectivity index (χ4v) is 1.37. The molecule has 0 radical (unpaired) electrons. The highest BCUT2D eigenvalue weighted by Gasteiger charge is 2.30. The van der Waals surface area contributed by atoms with Crippen molar-refractivity contribution in [2.45, 2.75) is 44.3 Å². The third-order valence-corrected chi connectivity index (χ3v) is 2.36. The molecule has 0 aliphatic rings. The van der Waals surface area contributed by atoms with Crippen molar-refractivity contribution < 1.29 is 18.0 Å². The van der Waals surface area contributed by atoms with Crippen molar-refractivity contribution in [3.63, 3.8) is 0 Å². The number of carbonyl (C=O) groups excluding carboxylic acids is 1. The number of carbonyl (C=O) groups is 1. The molecule has 3 N–H and O–H groups in total. The summed E-state index contributed by atoms with van der Waals surface area (Å²) in [7, 11) is 1.61. The number of amides is 1. The number of hydrogen-bond acceptors (Lipinski definition) is 2. The van der Waals surface area contributed by atoms with Crippen molar-refractivity contribution in [3.8, 4) is 0 Å². The highest BCUT2D eigenvalue weighted by molar-refractivity contribution is 5.75. The predicted octanol–water partition coefficient (Wildman–Crippen LogP) is 1.57. The topological polar surface area (TPSA) is 55.1 Å². The van der Waals surface area contributed by atoms with E-state index in [0.717, 1.165) is 0 Å². The molecule has 0 aliphatic heterocycles. The number of nitrogens with two attached hydrogens (primary N) is 1. The number of rotatable bonds is 6. The molecular formula is C9H17F3N2O. The van der Waals surface area contributed by atoms with E-state index in [1.807, 2.05) is 0 Å². The van der Waals surface area contributed by atoms with Gasteiger partial charge in [0.2, 0.25) is 5.91 Å². The average Bonchev–Trinajstić information content (AvgIpc) is 2.00. The first-order valence-electron chi connectivity index (χ1n) is 4.72. The number of hydrogen-bond donors (Lipinski definition) is 2. The average molecular weight is 226 g/mol. The molecule has 0 rings (SSSR count). The van der Waals surface area contributed by atoms with E-state index < -0.39 is 24.0 Å². The summed E-state index contributed by atoms with van der Waals surface area (Å²) in [6, 6.07) is 0. The van der Waals surface area contributed by atoms with Gasteiger partial charge in [0, 0.05) is 18.4 Å². The Kier molecular flexibility index (Phi) is 5.07. The van der Waals surface area contributed by atoms with Gasteiger partial charge in [0.25, 0.3) is 0 Å². The SMILES string of the molecule is CNC(C)(CCCC(F)(F)F)CC(N)=O. The van der Waals surface area contributed by atoms with Gasteiger partial charge in [0.05, 0.1) is 0 Å². The van der Waals surface area contributed by atoms with E-state index in [2.05, 4.69) is 5.32 Å². The van der Waals surface area contributed by atoms with Crippen LogP contribution in [0, 0.1) is 0 Å². The summed E-state index contributed by atoms with van der Waals surface area (Å²) in [4.78, 5) is 10.7. The lowest BCUT2D eigenvalue weighted by Gasteiger charge is -2.28. The van der Waals surface area contributed by atoms with E-state index in [9.17, 15) is 18.0 Å². The normalized spacial score (nSPS) is 16.1. The lowest BCUT2D eigenvalue weighted by Crippen LogP contribution is -2.43. The van der Waals surface area contributed by atoms with Gasteiger partial charge in [-0.05, 0) is 26.8 Å². The van der Waals surface area contributed by atoms with Crippen LogP contribution in [0.2, 0.25) is 0 Å². The Morgan fingerprint density at radius 1 is 1.33 bits per heavy atom. The maximum absolute atomic E-state index is 11.9. The Hall–Kier alpha value is -0.780.